The van der Waals surface area contributed by atoms with Gasteiger partial charge >= 0.3 is 0 Å². The zero-order valence-corrected chi connectivity index (χ0v) is 11.0. The Balaban J connectivity index is 2.67. The van der Waals surface area contributed by atoms with Crippen molar-refractivity contribution in [2.45, 2.75) is 0 Å². The van der Waals surface area contributed by atoms with Gasteiger partial charge in [0.05, 0.1) is 15.1 Å². The molecular formula is C12H4Cl3FN2. The lowest BCUT2D eigenvalue weighted by Crippen LogP contribution is -1.92. The summed E-state index contributed by atoms with van der Waals surface area (Å²) in [6, 6.07) is 5.89. The van der Waals surface area contributed by atoms with E-state index >= 15 is 0 Å². The van der Waals surface area contributed by atoms with E-state index in [4.69, 9.17) is 40.1 Å². The van der Waals surface area contributed by atoms with Crippen molar-refractivity contribution in [2.75, 3.05) is 0 Å². The first-order valence-electron chi connectivity index (χ1n) is 4.74. The van der Waals surface area contributed by atoms with E-state index in [-0.39, 0.29) is 10.7 Å². The second-order valence-corrected chi connectivity index (χ2v) is 4.58. The van der Waals surface area contributed by atoms with E-state index in [1.165, 1.54) is 6.20 Å². The van der Waals surface area contributed by atoms with E-state index in [1.807, 2.05) is 0 Å². The molecule has 0 unspecified atom stereocenters. The molecule has 0 aliphatic rings. The van der Waals surface area contributed by atoms with Gasteiger partial charge < -0.3 is 0 Å². The molecule has 0 amide bonds. The van der Waals surface area contributed by atoms with Crippen LogP contribution in [0.4, 0.5) is 4.39 Å². The van der Waals surface area contributed by atoms with Gasteiger partial charge in [-0.25, -0.2) is 9.37 Å². The summed E-state index contributed by atoms with van der Waals surface area (Å²) < 4.78 is 13.5. The molecule has 0 radical (unpaired) electrons. The topological polar surface area (TPSA) is 36.7 Å². The fraction of sp³-hybridized carbons (Fsp3) is 0. The van der Waals surface area contributed by atoms with Crippen molar-refractivity contribution < 1.29 is 4.39 Å². The standard InChI is InChI=1S/C12H4Cl3FN2/c13-7-1-2-8(14)12(15)11(7)6-3-9(16)10(4-17)18-5-6/h1-3,5H. The molecule has 2 nitrogen and oxygen atoms in total. The Morgan fingerprint density at radius 3 is 2.44 bits per heavy atom. The molecule has 0 spiro atoms. The number of pyridine rings is 1. The van der Waals surface area contributed by atoms with Gasteiger partial charge in [-0.3, -0.25) is 0 Å². The van der Waals surface area contributed by atoms with Crippen LogP contribution in [0.1, 0.15) is 5.69 Å². The van der Waals surface area contributed by atoms with Crippen LogP contribution in [0.25, 0.3) is 11.1 Å². The van der Waals surface area contributed by atoms with Gasteiger partial charge in [-0.05, 0) is 18.2 Å². The maximum atomic E-state index is 13.5. The number of nitrogens with zero attached hydrogens (tertiary/aromatic N) is 2. The highest BCUT2D eigenvalue weighted by atomic mass is 35.5. The second kappa shape index (κ2) is 5.11. The molecule has 1 heterocycles. The number of nitriles is 1. The number of hydrogen-bond donors (Lipinski definition) is 0. The molecule has 2 aromatic rings. The van der Waals surface area contributed by atoms with Crippen LogP contribution in [0.2, 0.25) is 15.1 Å². The van der Waals surface area contributed by atoms with E-state index in [9.17, 15) is 4.39 Å². The lowest BCUT2D eigenvalue weighted by Gasteiger charge is -2.08. The van der Waals surface area contributed by atoms with E-state index < -0.39 is 5.82 Å². The second-order valence-electron chi connectivity index (χ2n) is 3.38. The zero-order valence-electron chi connectivity index (χ0n) is 8.72. The minimum atomic E-state index is -0.734. The number of rotatable bonds is 1. The molecule has 2 rings (SSSR count). The summed E-state index contributed by atoms with van der Waals surface area (Å²) in [5.41, 5.74) is 0.471. The highest BCUT2D eigenvalue weighted by Crippen LogP contribution is 2.38. The monoisotopic (exact) mass is 300 g/mol. The summed E-state index contributed by atoms with van der Waals surface area (Å²) in [5.74, 6) is -0.734. The Bertz CT molecular complexity index is 665. The maximum Gasteiger partial charge on any atom is 0.176 e. The van der Waals surface area contributed by atoms with Gasteiger partial charge in [0, 0.05) is 17.3 Å². The molecule has 0 fully saturated rings. The van der Waals surface area contributed by atoms with E-state index in [1.54, 1.807) is 18.2 Å². The Morgan fingerprint density at radius 2 is 1.83 bits per heavy atom. The lowest BCUT2D eigenvalue weighted by atomic mass is 10.1. The fourth-order valence-corrected chi connectivity index (χ4v) is 2.19. The third-order valence-electron chi connectivity index (χ3n) is 2.28. The predicted octanol–water partition coefficient (Wildman–Crippen LogP) is 4.72. The van der Waals surface area contributed by atoms with Crippen LogP contribution in [0.3, 0.4) is 0 Å². The number of halogens is 4. The van der Waals surface area contributed by atoms with Gasteiger partial charge in [0.1, 0.15) is 6.07 Å². The smallest absolute Gasteiger partial charge is 0.176 e. The van der Waals surface area contributed by atoms with Crippen molar-refractivity contribution in [2.24, 2.45) is 0 Å². The van der Waals surface area contributed by atoms with Crippen molar-refractivity contribution in [3.8, 4) is 17.2 Å². The number of hydrogen-bond acceptors (Lipinski definition) is 2. The molecule has 0 saturated carbocycles. The van der Waals surface area contributed by atoms with Crippen molar-refractivity contribution in [1.82, 2.24) is 4.98 Å². The Kier molecular flexibility index (Phi) is 3.72. The van der Waals surface area contributed by atoms with Gasteiger partial charge in [0.25, 0.3) is 0 Å². The normalized spacial score (nSPS) is 10.2. The molecule has 18 heavy (non-hydrogen) atoms. The summed E-state index contributed by atoms with van der Waals surface area (Å²) in [5, 5.41) is 9.46. The summed E-state index contributed by atoms with van der Waals surface area (Å²) in [7, 11) is 0. The molecule has 0 saturated heterocycles. The molecular weight excluding hydrogens is 298 g/mol. The fourth-order valence-electron chi connectivity index (χ4n) is 1.45. The molecule has 1 aromatic carbocycles. The lowest BCUT2D eigenvalue weighted by molar-refractivity contribution is 0.617. The van der Waals surface area contributed by atoms with Crippen LogP contribution in [0, 0.1) is 17.1 Å². The minimum Gasteiger partial charge on any atom is -0.242 e. The van der Waals surface area contributed by atoms with Gasteiger partial charge in [-0.15, -0.1) is 0 Å². The Hall–Kier alpha value is -1.34. The molecule has 0 aliphatic heterocycles. The highest BCUT2D eigenvalue weighted by Gasteiger charge is 2.14. The van der Waals surface area contributed by atoms with Crippen LogP contribution in [0.5, 0.6) is 0 Å². The van der Waals surface area contributed by atoms with E-state index in [0.717, 1.165) is 6.07 Å². The highest BCUT2D eigenvalue weighted by molar-refractivity contribution is 6.46. The summed E-state index contributed by atoms with van der Waals surface area (Å²) in [4.78, 5) is 3.69. The van der Waals surface area contributed by atoms with Crippen molar-refractivity contribution >= 4 is 34.8 Å². The van der Waals surface area contributed by atoms with Crippen molar-refractivity contribution in [3.05, 3.63) is 51.0 Å². The van der Waals surface area contributed by atoms with Gasteiger partial charge in [-0.1, -0.05) is 34.8 Å². The zero-order chi connectivity index (χ0) is 13.3. The van der Waals surface area contributed by atoms with Gasteiger partial charge in [0.2, 0.25) is 0 Å². The number of benzene rings is 1. The largest absolute Gasteiger partial charge is 0.242 e. The van der Waals surface area contributed by atoms with Gasteiger partial charge in [-0.2, -0.15) is 5.26 Å². The maximum absolute atomic E-state index is 13.5. The predicted molar refractivity (Wildman–Crippen MR) is 69.4 cm³/mol. The quantitative estimate of drug-likeness (QED) is 0.715. The van der Waals surface area contributed by atoms with Crippen LogP contribution in [-0.4, -0.2) is 4.98 Å². The van der Waals surface area contributed by atoms with Crippen molar-refractivity contribution in [3.63, 3.8) is 0 Å². The average molecular weight is 302 g/mol. The first-order chi connectivity index (χ1) is 8.54. The summed E-state index contributed by atoms with van der Waals surface area (Å²) >= 11 is 17.9. The third kappa shape index (κ3) is 2.28. The molecule has 0 bridgehead atoms. The molecule has 0 atom stereocenters. The van der Waals surface area contributed by atoms with Crippen LogP contribution in [0.15, 0.2) is 24.4 Å². The van der Waals surface area contributed by atoms with Crippen LogP contribution >= 0.6 is 34.8 Å². The SMILES string of the molecule is N#Cc1ncc(-c2c(Cl)ccc(Cl)c2Cl)cc1F. The van der Waals surface area contributed by atoms with Crippen molar-refractivity contribution in [1.29, 1.82) is 5.26 Å². The summed E-state index contributed by atoms with van der Waals surface area (Å²) in [6.45, 7) is 0. The van der Waals surface area contributed by atoms with Crippen LogP contribution in [-0.2, 0) is 0 Å². The summed E-state index contributed by atoms with van der Waals surface area (Å²) in [6.07, 6.45) is 1.32. The minimum absolute atomic E-state index is 0.218. The molecule has 0 aliphatic carbocycles. The Labute approximate surface area is 118 Å². The molecule has 6 heteroatoms. The average Bonchev–Trinajstić information content (AvgIpc) is 2.35. The molecule has 90 valence electrons. The van der Waals surface area contributed by atoms with E-state index in [2.05, 4.69) is 4.98 Å². The van der Waals surface area contributed by atoms with E-state index in [0.29, 0.717) is 21.2 Å². The first kappa shape index (κ1) is 13.1. The van der Waals surface area contributed by atoms with Crippen LogP contribution < -0.4 is 0 Å². The first-order valence-corrected chi connectivity index (χ1v) is 5.87. The third-order valence-corrected chi connectivity index (χ3v) is 3.40. The molecule has 1 aromatic heterocycles. The Morgan fingerprint density at radius 1 is 1.17 bits per heavy atom. The van der Waals surface area contributed by atoms with Gasteiger partial charge in [0.15, 0.2) is 11.5 Å². The molecule has 0 N–H and O–H groups in total. The number of aromatic nitrogens is 1.